The molecule has 0 radical (unpaired) electrons. The number of aryl methyl sites for hydroxylation is 1. The Morgan fingerprint density at radius 2 is 1.87 bits per heavy atom. The van der Waals surface area contributed by atoms with Gasteiger partial charge in [0.15, 0.2) is 11.5 Å². The van der Waals surface area contributed by atoms with Crippen LogP contribution in [0.2, 0.25) is 0 Å². The Bertz CT molecular complexity index is 1640. The molecule has 0 bridgehead atoms. The Morgan fingerprint density at radius 1 is 1.03 bits per heavy atom. The lowest BCUT2D eigenvalue weighted by molar-refractivity contribution is 0.148. The number of nitrogens with zero attached hydrogens (tertiary/aromatic N) is 8. The minimum absolute atomic E-state index is 0.399. The summed E-state index contributed by atoms with van der Waals surface area (Å²) in [4.78, 5) is 23.0. The van der Waals surface area contributed by atoms with Crippen LogP contribution in [0.5, 0.6) is 11.5 Å². The van der Waals surface area contributed by atoms with Crippen LogP contribution in [0.4, 0.5) is 17.3 Å². The molecule has 1 aliphatic rings. The summed E-state index contributed by atoms with van der Waals surface area (Å²) in [6.07, 6.45) is 6.89. The maximum absolute atomic E-state index is 6.12. The first-order valence-corrected chi connectivity index (χ1v) is 13.1. The first-order valence-electron chi connectivity index (χ1n) is 13.1. The van der Waals surface area contributed by atoms with Crippen molar-refractivity contribution in [2.45, 2.75) is 32.9 Å². The molecule has 0 aliphatic carbocycles. The summed E-state index contributed by atoms with van der Waals surface area (Å²) >= 11 is 0. The van der Waals surface area contributed by atoms with Gasteiger partial charge in [0.05, 0.1) is 5.52 Å². The van der Waals surface area contributed by atoms with Crippen molar-refractivity contribution in [3.05, 3.63) is 79.5 Å². The molecule has 0 spiro atoms. The van der Waals surface area contributed by atoms with Crippen LogP contribution in [0.25, 0.3) is 16.7 Å². The molecule has 4 aromatic heterocycles. The number of piperazine rings is 1. The monoisotopic (exact) mass is 521 g/mol. The molecule has 1 fully saturated rings. The first kappa shape index (κ1) is 24.7. The van der Waals surface area contributed by atoms with Gasteiger partial charge in [0.25, 0.3) is 0 Å². The fourth-order valence-electron chi connectivity index (χ4n) is 5.22. The second kappa shape index (κ2) is 10.3. The Balaban J connectivity index is 1.23. The predicted octanol–water partition coefficient (Wildman–Crippen LogP) is 5.00. The number of nitrogens with one attached hydrogen (secondary N) is 1. The number of benzene rings is 1. The van der Waals surface area contributed by atoms with Gasteiger partial charge in [-0.3, -0.25) is 4.90 Å². The molecule has 5 aromatic rings. The van der Waals surface area contributed by atoms with Gasteiger partial charge >= 0.3 is 0 Å². The molecular weight excluding hydrogens is 490 g/mol. The minimum atomic E-state index is 0.399. The molecule has 0 unspecified atom stereocenters. The van der Waals surface area contributed by atoms with Crippen LogP contribution in [0, 0.1) is 6.92 Å². The zero-order valence-corrected chi connectivity index (χ0v) is 22.3. The predicted molar refractivity (Wildman–Crippen MR) is 153 cm³/mol. The molecular formula is C29H31N9O. The lowest BCUT2D eigenvalue weighted by atomic mass is 10.1. The topological polar surface area (TPSA) is 96.6 Å². The van der Waals surface area contributed by atoms with Crippen molar-refractivity contribution < 1.29 is 4.74 Å². The van der Waals surface area contributed by atoms with Gasteiger partial charge in [-0.2, -0.15) is 5.10 Å². The Morgan fingerprint density at radius 3 is 2.67 bits per heavy atom. The Hall–Kier alpha value is -4.57. The van der Waals surface area contributed by atoms with Gasteiger partial charge in [0.1, 0.15) is 35.5 Å². The number of hydrogen-bond acceptors (Lipinski definition) is 9. The van der Waals surface area contributed by atoms with E-state index in [9.17, 15) is 0 Å². The van der Waals surface area contributed by atoms with Gasteiger partial charge in [-0.05, 0) is 62.7 Å². The van der Waals surface area contributed by atoms with Gasteiger partial charge < -0.3 is 15.0 Å². The van der Waals surface area contributed by atoms with E-state index in [2.05, 4.69) is 61.7 Å². The third kappa shape index (κ3) is 4.98. The van der Waals surface area contributed by atoms with Gasteiger partial charge in [-0.25, -0.2) is 24.5 Å². The molecule has 5 heterocycles. The molecule has 10 nitrogen and oxygen atoms in total. The van der Waals surface area contributed by atoms with Crippen molar-refractivity contribution in [2.75, 3.05) is 29.9 Å². The van der Waals surface area contributed by atoms with Crippen LogP contribution in [-0.2, 0) is 0 Å². The average molecular weight is 522 g/mol. The number of ether oxygens (including phenoxy) is 1. The number of rotatable bonds is 7. The van der Waals surface area contributed by atoms with E-state index < -0.39 is 0 Å². The van der Waals surface area contributed by atoms with E-state index in [0.717, 1.165) is 59.1 Å². The molecule has 6 rings (SSSR count). The van der Waals surface area contributed by atoms with E-state index in [1.807, 2.05) is 55.6 Å². The second-order valence-electron chi connectivity index (χ2n) is 9.98. The summed E-state index contributed by atoms with van der Waals surface area (Å²) in [5, 5.41) is 7.57. The highest BCUT2D eigenvalue weighted by molar-refractivity contribution is 5.88. The van der Waals surface area contributed by atoms with Gasteiger partial charge in [-0.1, -0.05) is 6.08 Å². The van der Waals surface area contributed by atoms with Crippen molar-refractivity contribution in [3.8, 4) is 11.5 Å². The van der Waals surface area contributed by atoms with Crippen molar-refractivity contribution in [2.24, 2.45) is 0 Å². The first-order chi connectivity index (χ1) is 19.0. The molecule has 2 atom stereocenters. The molecule has 1 N–H and O–H groups in total. The standard InChI is InChI=1S/C29H31N9O/c1-5-11-37-20(3)15-36(16-21(37)4)26-9-7-24-28(35-26)29(32-17-30-24)34-22-6-8-25(19(2)13-22)39-23-10-12-38-27(14-23)31-18-33-38/h5-10,12-14,17-18,20-21H,1,11,15-16H2,2-4H3,(H,30,32,34)/t20-,21-/m1/s1. The van der Waals surface area contributed by atoms with Crippen molar-refractivity contribution in [3.63, 3.8) is 0 Å². The summed E-state index contributed by atoms with van der Waals surface area (Å²) in [5.41, 5.74) is 4.13. The molecule has 10 heteroatoms. The van der Waals surface area contributed by atoms with E-state index in [-0.39, 0.29) is 0 Å². The quantitative estimate of drug-likeness (QED) is 0.297. The number of pyridine rings is 2. The van der Waals surface area contributed by atoms with E-state index in [4.69, 9.17) is 9.72 Å². The number of fused-ring (bicyclic) bond motifs is 2. The molecule has 198 valence electrons. The molecule has 0 amide bonds. The SMILES string of the molecule is C=CCN1[C@H](C)CN(c2ccc3ncnc(Nc4ccc(Oc5ccn6ncnc6c5)c(C)c4)c3n2)C[C@H]1C. The molecule has 0 saturated carbocycles. The van der Waals surface area contributed by atoms with Gasteiger partial charge in [0.2, 0.25) is 0 Å². The Labute approximate surface area is 227 Å². The van der Waals surface area contributed by atoms with Gasteiger partial charge in [-0.15, -0.1) is 6.58 Å². The summed E-state index contributed by atoms with van der Waals surface area (Å²) in [5.74, 6) is 3.06. The van der Waals surface area contributed by atoms with Crippen LogP contribution in [0.3, 0.4) is 0 Å². The lowest BCUT2D eigenvalue weighted by Gasteiger charge is -2.44. The van der Waals surface area contributed by atoms with Crippen LogP contribution in [0.15, 0.2) is 74.0 Å². The van der Waals surface area contributed by atoms with Crippen LogP contribution in [0.1, 0.15) is 19.4 Å². The third-order valence-electron chi connectivity index (χ3n) is 7.15. The van der Waals surface area contributed by atoms with Gasteiger partial charge in [0, 0.05) is 49.7 Å². The highest BCUT2D eigenvalue weighted by Crippen LogP contribution is 2.31. The number of anilines is 3. The van der Waals surface area contributed by atoms with Crippen LogP contribution < -0.4 is 15.0 Å². The number of hydrogen-bond donors (Lipinski definition) is 1. The summed E-state index contributed by atoms with van der Waals surface area (Å²) < 4.78 is 7.82. The zero-order valence-electron chi connectivity index (χ0n) is 22.3. The third-order valence-corrected chi connectivity index (χ3v) is 7.15. The molecule has 1 aromatic carbocycles. The van der Waals surface area contributed by atoms with E-state index >= 15 is 0 Å². The summed E-state index contributed by atoms with van der Waals surface area (Å²) in [6.45, 7) is 13.1. The molecule has 39 heavy (non-hydrogen) atoms. The zero-order chi connectivity index (χ0) is 26.9. The van der Waals surface area contributed by atoms with E-state index in [1.165, 1.54) is 6.33 Å². The number of aromatic nitrogens is 6. The highest BCUT2D eigenvalue weighted by atomic mass is 16.5. The fraction of sp³-hybridized carbons (Fsp3) is 0.276. The van der Waals surface area contributed by atoms with Crippen molar-refractivity contribution >= 4 is 34.0 Å². The van der Waals surface area contributed by atoms with E-state index in [1.54, 1.807) is 10.8 Å². The van der Waals surface area contributed by atoms with E-state index in [0.29, 0.717) is 23.7 Å². The summed E-state index contributed by atoms with van der Waals surface area (Å²) in [7, 11) is 0. The summed E-state index contributed by atoms with van der Waals surface area (Å²) in [6, 6.07) is 14.5. The smallest absolute Gasteiger partial charge is 0.160 e. The second-order valence-corrected chi connectivity index (χ2v) is 9.98. The maximum atomic E-state index is 6.12. The normalized spacial score (nSPS) is 18.0. The minimum Gasteiger partial charge on any atom is -0.457 e. The lowest BCUT2D eigenvalue weighted by Crippen LogP contribution is -2.56. The average Bonchev–Trinajstić information content (AvgIpc) is 3.40. The van der Waals surface area contributed by atoms with Crippen LogP contribution in [-0.4, -0.2) is 66.2 Å². The highest BCUT2D eigenvalue weighted by Gasteiger charge is 2.29. The largest absolute Gasteiger partial charge is 0.457 e. The molecule has 1 aliphatic heterocycles. The fourth-order valence-corrected chi connectivity index (χ4v) is 5.22. The Kier molecular flexibility index (Phi) is 6.54. The maximum Gasteiger partial charge on any atom is 0.160 e. The van der Waals surface area contributed by atoms with Crippen molar-refractivity contribution in [1.29, 1.82) is 0 Å². The van der Waals surface area contributed by atoms with Crippen molar-refractivity contribution in [1.82, 2.24) is 34.4 Å². The van der Waals surface area contributed by atoms with Crippen LogP contribution >= 0.6 is 0 Å². The molecule has 1 saturated heterocycles.